The van der Waals surface area contributed by atoms with E-state index in [1.54, 1.807) is 12.4 Å². The predicted molar refractivity (Wildman–Crippen MR) is 81.4 cm³/mol. The third kappa shape index (κ3) is 3.16. The van der Waals surface area contributed by atoms with Gasteiger partial charge < -0.3 is 0 Å². The van der Waals surface area contributed by atoms with E-state index >= 15 is 0 Å². The minimum atomic E-state index is 0.742. The fourth-order valence-electron chi connectivity index (χ4n) is 1.99. The molecule has 2 rings (SSSR count). The van der Waals surface area contributed by atoms with E-state index in [2.05, 4.69) is 48.6 Å². The number of aromatic nitrogens is 1. The summed E-state index contributed by atoms with van der Waals surface area (Å²) in [6.07, 6.45) is 3.53. The average molecular weight is 250 g/mol. The van der Waals surface area contributed by atoms with Gasteiger partial charge in [-0.1, -0.05) is 24.3 Å². The van der Waals surface area contributed by atoms with Crippen molar-refractivity contribution in [3.63, 3.8) is 0 Å². The molecule has 1 aromatic heterocycles. The van der Waals surface area contributed by atoms with E-state index in [-0.39, 0.29) is 0 Å². The molecule has 96 valence electrons. The van der Waals surface area contributed by atoms with Crippen LogP contribution in [0, 0.1) is 13.8 Å². The van der Waals surface area contributed by atoms with Gasteiger partial charge in [-0.25, -0.2) is 0 Å². The summed E-state index contributed by atoms with van der Waals surface area (Å²) in [6, 6.07) is 10.3. The summed E-state index contributed by atoms with van der Waals surface area (Å²) in [7, 11) is 0. The lowest BCUT2D eigenvalue weighted by molar-refractivity contribution is 1.30. The van der Waals surface area contributed by atoms with Crippen LogP contribution < -0.4 is 0 Å². The number of nitrogens with zero attached hydrogens (tertiary/aromatic N) is 2. The second kappa shape index (κ2) is 5.61. The second-order valence-electron chi connectivity index (χ2n) is 4.70. The molecule has 0 saturated carbocycles. The van der Waals surface area contributed by atoms with E-state index in [4.69, 9.17) is 0 Å². The van der Waals surface area contributed by atoms with Gasteiger partial charge in [-0.2, -0.15) is 0 Å². The lowest BCUT2D eigenvalue weighted by atomic mass is 10.0. The molecule has 1 heterocycles. The van der Waals surface area contributed by atoms with Crippen LogP contribution in [0.2, 0.25) is 0 Å². The highest BCUT2D eigenvalue weighted by atomic mass is 14.8. The van der Waals surface area contributed by atoms with Crippen LogP contribution in [0.1, 0.15) is 29.2 Å². The van der Waals surface area contributed by atoms with Crippen molar-refractivity contribution in [3.05, 3.63) is 71.6 Å². The third-order valence-corrected chi connectivity index (χ3v) is 3.08. The molecule has 0 unspecified atom stereocenters. The summed E-state index contributed by atoms with van der Waals surface area (Å²) in [5.74, 6) is 0. The van der Waals surface area contributed by atoms with Crippen LogP contribution in [-0.2, 0) is 0 Å². The molecular weight excluding hydrogens is 232 g/mol. The van der Waals surface area contributed by atoms with Crippen molar-refractivity contribution in [3.8, 4) is 0 Å². The van der Waals surface area contributed by atoms with Crippen LogP contribution in [0.5, 0.6) is 0 Å². The number of pyridine rings is 1. The van der Waals surface area contributed by atoms with Crippen LogP contribution in [0.3, 0.4) is 0 Å². The SMILES string of the molecule is C=C(N=C(C)c1cc(C)ccc1C)c1cccnc1. The first-order valence-electron chi connectivity index (χ1n) is 6.30. The van der Waals surface area contributed by atoms with Crippen molar-refractivity contribution in [2.75, 3.05) is 0 Å². The van der Waals surface area contributed by atoms with Crippen molar-refractivity contribution in [1.82, 2.24) is 4.98 Å². The summed E-state index contributed by atoms with van der Waals surface area (Å²) in [4.78, 5) is 8.69. The molecule has 0 saturated heterocycles. The molecule has 0 atom stereocenters. The molecule has 0 aliphatic heterocycles. The van der Waals surface area contributed by atoms with Crippen molar-refractivity contribution in [2.24, 2.45) is 4.99 Å². The van der Waals surface area contributed by atoms with Gasteiger partial charge in [-0.15, -0.1) is 0 Å². The number of benzene rings is 1. The van der Waals surface area contributed by atoms with Gasteiger partial charge >= 0.3 is 0 Å². The molecule has 0 amide bonds. The molecule has 1 aromatic carbocycles. The first kappa shape index (κ1) is 13.2. The monoisotopic (exact) mass is 250 g/mol. The summed E-state index contributed by atoms with van der Waals surface area (Å²) >= 11 is 0. The largest absolute Gasteiger partial charge is 0.264 e. The minimum absolute atomic E-state index is 0.742. The van der Waals surface area contributed by atoms with E-state index in [0.717, 1.165) is 17.0 Å². The van der Waals surface area contributed by atoms with Crippen molar-refractivity contribution in [1.29, 1.82) is 0 Å². The van der Waals surface area contributed by atoms with E-state index in [9.17, 15) is 0 Å². The zero-order valence-electron chi connectivity index (χ0n) is 11.6. The van der Waals surface area contributed by atoms with E-state index < -0.39 is 0 Å². The first-order chi connectivity index (χ1) is 9.08. The van der Waals surface area contributed by atoms with Crippen molar-refractivity contribution >= 4 is 11.4 Å². The van der Waals surface area contributed by atoms with Gasteiger partial charge in [-0.3, -0.25) is 9.98 Å². The fourth-order valence-corrected chi connectivity index (χ4v) is 1.99. The molecule has 0 spiro atoms. The smallest absolute Gasteiger partial charge is 0.0649 e. The van der Waals surface area contributed by atoms with Crippen molar-refractivity contribution in [2.45, 2.75) is 20.8 Å². The lowest BCUT2D eigenvalue weighted by Gasteiger charge is -2.08. The Morgan fingerprint density at radius 2 is 2.00 bits per heavy atom. The average Bonchev–Trinajstić information content (AvgIpc) is 2.42. The zero-order chi connectivity index (χ0) is 13.8. The van der Waals surface area contributed by atoms with Gasteiger partial charge in [0.15, 0.2) is 0 Å². The first-order valence-corrected chi connectivity index (χ1v) is 6.30. The fraction of sp³-hybridized carbons (Fsp3) is 0.176. The Hall–Kier alpha value is -2.22. The Morgan fingerprint density at radius 3 is 2.68 bits per heavy atom. The lowest BCUT2D eigenvalue weighted by Crippen LogP contribution is -1.99. The molecule has 0 radical (unpaired) electrons. The standard InChI is InChI=1S/C17H18N2/c1-12-7-8-13(2)17(10-12)15(4)19-14(3)16-6-5-9-18-11-16/h5-11H,3H2,1-2,4H3. The Labute approximate surface area is 114 Å². The van der Waals surface area contributed by atoms with Crippen LogP contribution in [-0.4, -0.2) is 10.7 Å². The van der Waals surface area contributed by atoms with Crippen LogP contribution in [0.15, 0.2) is 54.3 Å². The molecule has 0 aliphatic carbocycles. The number of hydrogen-bond acceptors (Lipinski definition) is 2. The molecule has 19 heavy (non-hydrogen) atoms. The van der Waals surface area contributed by atoms with Gasteiger partial charge in [0.05, 0.1) is 5.70 Å². The topological polar surface area (TPSA) is 25.2 Å². The number of hydrogen-bond donors (Lipinski definition) is 0. The molecule has 0 N–H and O–H groups in total. The van der Waals surface area contributed by atoms with Gasteiger partial charge in [-0.05, 0) is 50.1 Å². The highest BCUT2D eigenvalue weighted by Gasteiger charge is 2.04. The molecule has 2 nitrogen and oxygen atoms in total. The van der Waals surface area contributed by atoms with Crippen molar-refractivity contribution < 1.29 is 0 Å². The predicted octanol–water partition coefficient (Wildman–Crippen LogP) is 4.18. The van der Waals surface area contributed by atoms with Gasteiger partial charge in [0, 0.05) is 23.7 Å². The van der Waals surface area contributed by atoms with E-state index in [1.165, 1.54) is 16.7 Å². The second-order valence-corrected chi connectivity index (χ2v) is 4.70. The maximum absolute atomic E-state index is 4.60. The Balaban J connectivity index is 2.33. The number of rotatable bonds is 3. The number of aliphatic imine (C=N–C) groups is 1. The summed E-state index contributed by atoms with van der Waals surface area (Å²) < 4.78 is 0. The quantitative estimate of drug-likeness (QED) is 0.750. The summed E-state index contributed by atoms with van der Waals surface area (Å²) in [5.41, 5.74) is 6.31. The molecule has 0 bridgehead atoms. The van der Waals surface area contributed by atoms with E-state index in [1.807, 2.05) is 19.1 Å². The van der Waals surface area contributed by atoms with Gasteiger partial charge in [0.2, 0.25) is 0 Å². The molecule has 0 fully saturated rings. The zero-order valence-corrected chi connectivity index (χ0v) is 11.6. The van der Waals surface area contributed by atoms with Gasteiger partial charge in [0.1, 0.15) is 0 Å². The number of aryl methyl sites for hydroxylation is 2. The summed E-state index contributed by atoms with van der Waals surface area (Å²) in [6.45, 7) is 10.2. The highest BCUT2D eigenvalue weighted by molar-refractivity contribution is 6.02. The summed E-state index contributed by atoms with van der Waals surface area (Å²) in [5, 5.41) is 0. The third-order valence-electron chi connectivity index (χ3n) is 3.08. The van der Waals surface area contributed by atoms with Gasteiger partial charge in [0.25, 0.3) is 0 Å². The molecule has 2 heteroatoms. The highest BCUT2D eigenvalue weighted by Crippen LogP contribution is 2.17. The van der Waals surface area contributed by atoms with Crippen LogP contribution >= 0.6 is 0 Å². The Morgan fingerprint density at radius 1 is 1.21 bits per heavy atom. The van der Waals surface area contributed by atoms with Crippen LogP contribution in [0.25, 0.3) is 5.70 Å². The maximum atomic E-state index is 4.60. The Kier molecular flexibility index (Phi) is 3.91. The normalized spacial score (nSPS) is 11.4. The van der Waals surface area contributed by atoms with E-state index in [0.29, 0.717) is 0 Å². The molecular formula is C17H18N2. The maximum Gasteiger partial charge on any atom is 0.0649 e. The minimum Gasteiger partial charge on any atom is -0.264 e. The molecule has 0 aliphatic rings. The van der Waals surface area contributed by atoms with Crippen LogP contribution in [0.4, 0.5) is 0 Å². The molecule has 2 aromatic rings. The Bertz CT molecular complexity index is 625.